The van der Waals surface area contributed by atoms with Crippen LogP contribution in [-0.4, -0.2) is 6.67 Å². The standard InChI is InChI=1S/C17H22N2S2/c1-5-7-8-12-14-13(18-9-19-14)11(6-2)15-16(12)21-17(20-15)10(3)4/h5-9H2,1-4H3. The van der Waals surface area contributed by atoms with Crippen molar-refractivity contribution in [2.75, 3.05) is 6.67 Å². The molecule has 112 valence electrons. The lowest BCUT2D eigenvalue weighted by Gasteiger charge is -2.10. The Morgan fingerprint density at radius 3 is 2.19 bits per heavy atom. The van der Waals surface area contributed by atoms with E-state index < -0.39 is 0 Å². The van der Waals surface area contributed by atoms with E-state index >= 15 is 0 Å². The van der Waals surface area contributed by atoms with Crippen LogP contribution in [0, 0.1) is 0 Å². The molecule has 2 heterocycles. The molecule has 0 saturated heterocycles. The van der Waals surface area contributed by atoms with Crippen LogP contribution in [0.2, 0.25) is 0 Å². The molecule has 0 aromatic heterocycles. The Bertz CT molecular complexity index is 728. The van der Waals surface area contributed by atoms with E-state index in [9.17, 15) is 0 Å². The lowest BCUT2D eigenvalue weighted by atomic mass is 10.0. The molecular weight excluding hydrogens is 296 g/mol. The fraction of sp³-hybridized carbons (Fsp3) is 0.529. The van der Waals surface area contributed by atoms with Crippen molar-refractivity contribution in [1.29, 1.82) is 0 Å². The lowest BCUT2D eigenvalue weighted by Crippen LogP contribution is -2.31. The van der Waals surface area contributed by atoms with E-state index in [1.807, 2.05) is 23.5 Å². The van der Waals surface area contributed by atoms with Crippen molar-refractivity contribution < 1.29 is 0 Å². The van der Waals surface area contributed by atoms with E-state index in [-0.39, 0.29) is 0 Å². The number of allylic oxidation sites excluding steroid dienone is 1. The van der Waals surface area contributed by atoms with Crippen LogP contribution in [0.3, 0.4) is 0 Å². The summed E-state index contributed by atoms with van der Waals surface area (Å²) in [7, 11) is 0. The third-order valence-electron chi connectivity index (χ3n) is 3.94. The molecule has 2 aliphatic heterocycles. The van der Waals surface area contributed by atoms with Crippen LogP contribution in [0.4, 0.5) is 0 Å². The van der Waals surface area contributed by atoms with Gasteiger partial charge in [-0.25, -0.2) is 0 Å². The van der Waals surface area contributed by atoms with Gasteiger partial charge in [0, 0.05) is 14.0 Å². The highest BCUT2D eigenvalue weighted by Gasteiger charge is 2.27. The van der Waals surface area contributed by atoms with Gasteiger partial charge in [0.25, 0.3) is 0 Å². The highest BCUT2D eigenvalue weighted by molar-refractivity contribution is 8.24. The van der Waals surface area contributed by atoms with Crippen LogP contribution < -0.4 is 10.7 Å². The fourth-order valence-electron chi connectivity index (χ4n) is 2.83. The Labute approximate surface area is 135 Å². The minimum absolute atomic E-state index is 0.620. The Morgan fingerprint density at radius 2 is 1.62 bits per heavy atom. The summed E-state index contributed by atoms with van der Waals surface area (Å²) in [5.74, 6) is 0. The second kappa shape index (κ2) is 6.17. The predicted molar refractivity (Wildman–Crippen MR) is 91.7 cm³/mol. The molecule has 4 heteroatoms. The Hall–Kier alpha value is -0.740. The molecule has 0 atom stereocenters. The van der Waals surface area contributed by atoms with E-state index in [4.69, 9.17) is 4.99 Å². The third-order valence-corrected chi connectivity index (χ3v) is 7.07. The number of rotatable bonds is 4. The van der Waals surface area contributed by atoms with Gasteiger partial charge in [-0.2, -0.15) is 0 Å². The summed E-state index contributed by atoms with van der Waals surface area (Å²) in [6.45, 7) is 9.53. The number of unbranched alkanes of at least 4 members (excludes halogenated alkanes) is 1. The monoisotopic (exact) mass is 318 g/mol. The van der Waals surface area contributed by atoms with E-state index in [0.29, 0.717) is 6.67 Å². The van der Waals surface area contributed by atoms with Crippen molar-refractivity contribution in [2.45, 2.75) is 63.2 Å². The van der Waals surface area contributed by atoms with Gasteiger partial charge in [-0.1, -0.05) is 49.4 Å². The predicted octanol–water partition coefficient (Wildman–Crippen LogP) is 4.25. The second-order valence-corrected chi connectivity index (χ2v) is 8.02. The number of hydrogen-bond acceptors (Lipinski definition) is 4. The summed E-state index contributed by atoms with van der Waals surface area (Å²) < 4.78 is 1.45. The van der Waals surface area contributed by atoms with Crippen LogP contribution in [0.5, 0.6) is 0 Å². The highest BCUT2D eigenvalue weighted by Crippen LogP contribution is 2.54. The normalized spacial score (nSPS) is 15.5. The van der Waals surface area contributed by atoms with Crippen molar-refractivity contribution in [3.63, 3.8) is 0 Å². The summed E-state index contributed by atoms with van der Waals surface area (Å²) >= 11 is 3.91. The van der Waals surface area contributed by atoms with Gasteiger partial charge in [-0.05, 0) is 44.2 Å². The molecule has 2 nitrogen and oxygen atoms in total. The van der Waals surface area contributed by atoms with Gasteiger partial charge < -0.3 is 0 Å². The summed E-state index contributed by atoms with van der Waals surface area (Å²) in [6.07, 6.45) is 4.63. The zero-order chi connectivity index (χ0) is 15.0. The Kier molecular flexibility index (Phi) is 4.46. The smallest absolute Gasteiger partial charge is 0.130 e. The molecule has 0 amide bonds. The first-order chi connectivity index (χ1) is 10.2. The van der Waals surface area contributed by atoms with Crippen molar-refractivity contribution in [3.05, 3.63) is 31.7 Å². The van der Waals surface area contributed by atoms with Gasteiger partial charge in [-0.3, -0.25) is 9.98 Å². The maximum Gasteiger partial charge on any atom is 0.130 e. The number of fused-ring (bicyclic) bond motifs is 2. The molecule has 0 unspecified atom stereocenters. The Balaban J connectivity index is 2.25. The van der Waals surface area contributed by atoms with E-state index in [0.717, 1.165) is 12.8 Å². The average molecular weight is 319 g/mol. The van der Waals surface area contributed by atoms with E-state index in [1.54, 1.807) is 0 Å². The molecular formula is C17H22N2S2. The first kappa shape index (κ1) is 15.2. The summed E-state index contributed by atoms with van der Waals surface area (Å²) in [5, 5.41) is 2.38. The maximum atomic E-state index is 4.70. The average Bonchev–Trinajstić information content (AvgIpc) is 3.09. The second-order valence-electron chi connectivity index (χ2n) is 5.72. The molecule has 0 aliphatic carbocycles. The van der Waals surface area contributed by atoms with Crippen molar-refractivity contribution in [3.8, 4) is 0 Å². The first-order valence-corrected chi connectivity index (χ1v) is 9.40. The van der Waals surface area contributed by atoms with Crippen molar-refractivity contribution in [1.82, 2.24) is 0 Å². The SMILES string of the molecule is CCCCc1c2c(c(CC)c3c1=NCN=3)SC(=C(C)C)S2. The number of hydrogen-bond donors (Lipinski definition) is 0. The van der Waals surface area contributed by atoms with Gasteiger partial charge in [0.1, 0.15) is 6.67 Å². The number of nitrogens with zero attached hydrogens (tertiary/aromatic N) is 2. The van der Waals surface area contributed by atoms with Gasteiger partial charge in [-0.15, -0.1) is 0 Å². The molecule has 0 saturated carbocycles. The van der Waals surface area contributed by atoms with Gasteiger partial charge in [0.15, 0.2) is 0 Å². The zero-order valence-electron chi connectivity index (χ0n) is 13.2. The Morgan fingerprint density at radius 1 is 1.00 bits per heavy atom. The van der Waals surface area contributed by atoms with Gasteiger partial charge >= 0.3 is 0 Å². The van der Waals surface area contributed by atoms with E-state index in [2.05, 4.69) is 32.7 Å². The van der Waals surface area contributed by atoms with Crippen LogP contribution >= 0.6 is 23.5 Å². The quantitative estimate of drug-likeness (QED) is 0.829. The molecule has 3 rings (SSSR count). The minimum Gasteiger partial charge on any atom is -0.259 e. The van der Waals surface area contributed by atoms with Crippen LogP contribution in [0.1, 0.15) is 51.7 Å². The summed E-state index contributed by atoms with van der Waals surface area (Å²) in [4.78, 5) is 12.3. The molecule has 0 spiro atoms. The van der Waals surface area contributed by atoms with Crippen LogP contribution in [-0.2, 0) is 12.8 Å². The highest BCUT2D eigenvalue weighted by atomic mass is 32.2. The minimum atomic E-state index is 0.620. The van der Waals surface area contributed by atoms with Crippen LogP contribution in [0.25, 0.3) is 0 Å². The molecule has 2 aliphatic rings. The largest absolute Gasteiger partial charge is 0.259 e. The van der Waals surface area contributed by atoms with Gasteiger partial charge in [0.2, 0.25) is 0 Å². The lowest BCUT2D eigenvalue weighted by molar-refractivity contribution is 0.767. The van der Waals surface area contributed by atoms with Crippen molar-refractivity contribution in [2.24, 2.45) is 9.98 Å². The summed E-state index contributed by atoms with van der Waals surface area (Å²) in [5.41, 5.74) is 4.28. The first-order valence-electron chi connectivity index (χ1n) is 7.77. The third kappa shape index (κ3) is 2.57. The molecule has 1 aromatic rings. The molecule has 0 N–H and O–H groups in total. The number of benzene rings is 1. The van der Waals surface area contributed by atoms with Crippen molar-refractivity contribution >= 4 is 23.5 Å². The maximum absolute atomic E-state index is 4.70. The van der Waals surface area contributed by atoms with Gasteiger partial charge in [0.05, 0.1) is 10.7 Å². The van der Waals surface area contributed by atoms with E-state index in [1.165, 1.54) is 54.3 Å². The summed E-state index contributed by atoms with van der Waals surface area (Å²) in [6, 6.07) is 0. The topological polar surface area (TPSA) is 24.7 Å². The molecule has 21 heavy (non-hydrogen) atoms. The zero-order valence-corrected chi connectivity index (χ0v) is 14.9. The molecule has 0 radical (unpaired) electrons. The van der Waals surface area contributed by atoms with Crippen LogP contribution in [0.15, 0.2) is 29.6 Å². The number of thioether (sulfide) groups is 2. The molecule has 0 fully saturated rings. The fourth-order valence-corrected chi connectivity index (χ4v) is 5.65. The molecule has 1 aromatic carbocycles. The molecule has 0 bridgehead atoms.